The molecule has 0 spiro atoms. The molecule has 0 aromatic heterocycles. The summed E-state index contributed by atoms with van der Waals surface area (Å²) in [6.45, 7) is 2.39. The minimum absolute atomic E-state index is 0.203. The molecule has 0 aliphatic carbocycles. The molecule has 3 nitrogen and oxygen atoms in total. The van der Waals surface area contributed by atoms with Gasteiger partial charge in [-0.2, -0.15) is 0 Å². The summed E-state index contributed by atoms with van der Waals surface area (Å²) in [6.07, 6.45) is 2.89. The number of ether oxygens (including phenoxy) is 1. The lowest BCUT2D eigenvalue weighted by molar-refractivity contribution is 0.0277. The molecule has 0 N–H and O–H groups in total. The van der Waals surface area contributed by atoms with E-state index in [2.05, 4.69) is 29.2 Å². The van der Waals surface area contributed by atoms with E-state index in [9.17, 15) is 4.79 Å². The van der Waals surface area contributed by atoms with Crippen LogP contribution in [0.1, 0.15) is 28.8 Å². The third-order valence-corrected chi connectivity index (χ3v) is 4.77. The van der Waals surface area contributed by atoms with Crippen molar-refractivity contribution >= 4 is 16.7 Å². The minimum Gasteiger partial charge on any atom is -0.381 e. The number of hydrogen-bond donors (Lipinski definition) is 0. The van der Waals surface area contributed by atoms with Gasteiger partial charge in [0.15, 0.2) is 0 Å². The van der Waals surface area contributed by atoms with Crippen molar-refractivity contribution in [3.8, 4) is 0 Å². The zero-order chi connectivity index (χ0) is 14.2. The Hall–Kier alpha value is -1.87. The average Bonchev–Trinajstić information content (AvgIpc) is 2.56. The van der Waals surface area contributed by atoms with Gasteiger partial charge in [0.2, 0.25) is 0 Å². The Morgan fingerprint density at radius 2 is 1.86 bits per heavy atom. The molecule has 2 aliphatic rings. The molecule has 0 radical (unpaired) electrons. The molecule has 1 amide bonds. The third kappa shape index (κ3) is 2.12. The summed E-state index contributed by atoms with van der Waals surface area (Å²) in [6, 6.07) is 12.8. The minimum atomic E-state index is 0.203. The van der Waals surface area contributed by atoms with E-state index in [0.717, 1.165) is 44.6 Å². The Bertz CT molecular complexity index is 689. The molecule has 2 heterocycles. The molecule has 3 heteroatoms. The van der Waals surface area contributed by atoms with Gasteiger partial charge in [-0.1, -0.05) is 30.3 Å². The van der Waals surface area contributed by atoms with Gasteiger partial charge in [0, 0.05) is 31.4 Å². The van der Waals surface area contributed by atoms with Gasteiger partial charge in [0.1, 0.15) is 0 Å². The smallest absolute Gasteiger partial charge is 0.254 e. The Morgan fingerprint density at radius 1 is 1.05 bits per heavy atom. The first-order valence-electron chi connectivity index (χ1n) is 7.74. The molecule has 0 saturated carbocycles. The van der Waals surface area contributed by atoms with E-state index >= 15 is 0 Å². The van der Waals surface area contributed by atoms with E-state index in [1.807, 2.05) is 12.1 Å². The first-order valence-corrected chi connectivity index (χ1v) is 7.74. The van der Waals surface area contributed by atoms with Gasteiger partial charge in [-0.25, -0.2) is 0 Å². The molecule has 1 saturated heterocycles. The number of benzene rings is 2. The molecule has 2 aliphatic heterocycles. The second kappa shape index (κ2) is 5.15. The fraction of sp³-hybridized carbons (Fsp3) is 0.389. The third-order valence-electron chi connectivity index (χ3n) is 4.77. The fourth-order valence-electron chi connectivity index (χ4n) is 3.64. The molecule has 1 fully saturated rings. The largest absolute Gasteiger partial charge is 0.381 e. The van der Waals surface area contributed by atoms with Crippen molar-refractivity contribution < 1.29 is 9.53 Å². The molecule has 0 atom stereocenters. The van der Waals surface area contributed by atoms with Crippen LogP contribution in [0.4, 0.5) is 0 Å². The van der Waals surface area contributed by atoms with E-state index in [0.29, 0.717) is 6.04 Å². The van der Waals surface area contributed by atoms with Crippen molar-refractivity contribution in [3.05, 3.63) is 47.5 Å². The normalized spacial score (nSPS) is 19.8. The highest BCUT2D eigenvalue weighted by atomic mass is 16.5. The molecule has 4 rings (SSSR count). The predicted octanol–water partition coefficient (Wildman–Crippen LogP) is 3.02. The maximum absolute atomic E-state index is 12.8. The number of nitrogens with zero attached hydrogens (tertiary/aromatic N) is 1. The SMILES string of the molecule is O=C1c2ccc3ccccc3c2CCN1C1CCOCC1. The lowest BCUT2D eigenvalue weighted by Crippen LogP contribution is -2.47. The molecule has 0 unspecified atom stereocenters. The quantitative estimate of drug-likeness (QED) is 0.804. The maximum atomic E-state index is 12.8. The van der Waals surface area contributed by atoms with E-state index in [1.54, 1.807) is 0 Å². The van der Waals surface area contributed by atoms with E-state index in [-0.39, 0.29) is 5.91 Å². The second-order valence-electron chi connectivity index (χ2n) is 5.90. The molecular weight excluding hydrogens is 262 g/mol. The lowest BCUT2D eigenvalue weighted by atomic mass is 9.91. The van der Waals surface area contributed by atoms with Crippen molar-refractivity contribution in [3.63, 3.8) is 0 Å². The van der Waals surface area contributed by atoms with Crippen LogP contribution in [0.3, 0.4) is 0 Å². The first-order chi connectivity index (χ1) is 10.3. The summed E-state index contributed by atoms with van der Waals surface area (Å²) in [5, 5.41) is 2.46. The Kier molecular flexibility index (Phi) is 3.15. The Labute approximate surface area is 124 Å². The predicted molar refractivity (Wildman–Crippen MR) is 82.5 cm³/mol. The van der Waals surface area contributed by atoms with Crippen LogP contribution in [-0.4, -0.2) is 36.6 Å². The van der Waals surface area contributed by atoms with Crippen molar-refractivity contribution in [2.45, 2.75) is 25.3 Å². The monoisotopic (exact) mass is 281 g/mol. The summed E-state index contributed by atoms with van der Waals surface area (Å²) in [5.74, 6) is 0.203. The molecule has 21 heavy (non-hydrogen) atoms. The van der Waals surface area contributed by atoms with Crippen LogP contribution in [-0.2, 0) is 11.2 Å². The lowest BCUT2D eigenvalue weighted by Gasteiger charge is -2.37. The molecule has 2 aromatic carbocycles. The first kappa shape index (κ1) is 12.8. The highest BCUT2D eigenvalue weighted by Crippen LogP contribution is 2.29. The van der Waals surface area contributed by atoms with Gasteiger partial charge in [0.05, 0.1) is 0 Å². The average molecular weight is 281 g/mol. The van der Waals surface area contributed by atoms with Gasteiger partial charge in [-0.05, 0) is 41.7 Å². The van der Waals surface area contributed by atoms with Crippen LogP contribution in [0, 0.1) is 0 Å². The van der Waals surface area contributed by atoms with Gasteiger partial charge in [0.25, 0.3) is 5.91 Å². The van der Waals surface area contributed by atoms with Crippen LogP contribution in [0.25, 0.3) is 10.8 Å². The van der Waals surface area contributed by atoms with Gasteiger partial charge in [-0.3, -0.25) is 4.79 Å². The summed E-state index contributed by atoms with van der Waals surface area (Å²) < 4.78 is 5.41. The molecule has 0 bridgehead atoms. The van der Waals surface area contributed by atoms with Crippen LogP contribution in [0.5, 0.6) is 0 Å². The summed E-state index contributed by atoms with van der Waals surface area (Å²) in [7, 11) is 0. The Balaban J connectivity index is 1.72. The van der Waals surface area contributed by atoms with Crippen molar-refractivity contribution in [1.82, 2.24) is 4.90 Å². The van der Waals surface area contributed by atoms with Crippen LogP contribution in [0.15, 0.2) is 36.4 Å². The number of carbonyl (C=O) groups excluding carboxylic acids is 1. The van der Waals surface area contributed by atoms with E-state index in [4.69, 9.17) is 4.74 Å². The van der Waals surface area contributed by atoms with Gasteiger partial charge in [-0.15, -0.1) is 0 Å². The van der Waals surface area contributed by atoms with E-state index in [1.165, 1.54) is 16.3 Å². The number of carbonyl (C=O) groups is 1. The molecular formula is C18H19NO2. The molecule has 2 aromatic rings. The van der Waals surface area contributed by atoms with Crippen LogP contribution in [0.2, 0.25) is 0 Å². The topological polar surface area (TPSA) is 29.5 Å². The fourth-order valence-corrected chi connectivity index (χ4v) is 3.64. The van der Waals surface area contributed by atoms with Crippen molar-refractivity contribution in [1.29, 1.82) is 0 Å². The number of amides is 1. The Morgan fingerprint density at radius 3 is 2.71 bits per heavy atom. The van der Waals surface area contributed by atoms with E-state index < -0.39 is 0 Å². The number of hydrogen-bond acceptors (Lipinski definition) is 2. The summed E-state index contributed by atoms with van der Waals surface area (Å²) >= 11 is 0. The highest BCUT2D eigenvalue weighted by Gasteiger charge is 2.31. The summed E-state index contributed by atoms with van der Waals surface area (Å²) in [5.41, 5.74) is 2.12. The zero-order valence-electron chi connectivity index (χ0n) is 12.0. The second-order valence-corrected chi connectivity index (χ2v) is 5.90. The maximum Gasteiger partial charge on any atom is 0.254 e. The molecule has 108 valence electrons. The van der Waals surface area contributed by atoms with Crippen LogP contribution < -0.4 is 0 Å². The van der Waals surface area contributed by atoms with Crippen LogP contribution >= 0.6 is 0 Å². The van der Waals surface area contributed by atoms with Crippen molar-refractivity contribution in [2.75, 3.05) is 19.8 Å². The standard InChI is InChI=1S/C18H19NO2/c20-18-17-6-5-13-3-1-2-4-15(13)16(17)7-10-19(18)14-8-11-21-12-9-14/h1-6,14H,7-12H2. The van der Waals surface area contributed by atoms with Gasteiger partial charge >= 0.3 is 0 Å². The van der Waals surface area contributed by atoms with Gasteiger partial charge < -0.3 is 9.64 Å². The van der Waals surface area contributed by atoms with Crippen molar-refractivity contribution in [2.24, 2.45) is 0 Å². The summed E-state index contributed by atoms with van der Waals surface area (Å²) in [4.78, 5) is 14.9. The number of fused-ring (bicyclic) bond motifs is 3. The number of rotatable bonds is 1. The highest BCUT2D eigenvalue weighted by molar-refractivity contribution is 6.02. The zero-order valence-corrected chi connectivity index (χ0v) is 12.0.